The molecule has 0 saturated heterocycles. The molecule has 0 fully saturated rings. The van der Waals surface area contributed by atoms with Crippen molar-refractivity contribution in [2.24, 2.45) is 5.92 Å². The molecule has 1 unspecified atom stereocenters. The fraction of sp³-hybridized carbons (Fsp3) is 0.583. The van der Waals surface area contributed by atoms with Crippen molar-refractivity contribution in [1.29, 1.82) is 0 Å². The van der Waals surface area contributed by atoms with E-state index in [0.717, 1.165) is 19.0 Å². The van der Waals surface area contributed by atoms with Crippen molar-refractivity contribution in [3.05, 3.63) is 27.4 Å². The number of aliphatic hydroxyl groups excluding tert-OH is 1. The van der Waals surface area contributed by atoms with Gasteiger partial charge < -0.3 is 10.4 Å². The van der Waals surface area contributed by atoms with E-state index in [9.17, 15) is 15.2 Å². The molecule has 19 heavy (non-hydrogen) atoms. The Morgan fingerprint density at radius 1 is 1.53 bits per heavy atom. The third-order valence-corrected chi connectivity index (χ3v) is 3.40. The molecule has 1 rings (SSSR count). The molecule has 0 aromatic carbocycles. The van der Waals surface area contributed by atoms with Crippen LogP contribution in [0.3, 0.4) is 0 Å². The molecule has 6 nitrogen and oxygen atoms in total. The van der Waals surface area contributed by atoms with E-state index in [1.807, 2.05) is 13.8 Å². The van der Waals surface area contributed by atoms with E-state index in [2.05, 4.69) is 10.3 Å². The van der Waals surface area contributed by atoms with Gasteiger partial charge in [-0.1, -0.05) is 38.3 Å². The summed E-state index contributed by atoms with van der Waals surface area (Å²) in [7, 11) is 0. The van der Waals surface area contributed by atoms with Crippen LogP contribution in [0.4, 0.5) is 11.5 Å². The van der Waals surface area contributed by atoms with Crippen molar-refractivity contribution in [1.82, 2.24) is 4.98 Å². The van der Waals surface area contributed by atoms with Crippen molar-refractivity contribution >= 4 is 23.1 Å². The highest BCUT2D eigenvalue weighted by atomic mass is 35.5. The number of anilines is 1. The topological polar surface area (TPSA) is 88.3 Å². The Labute approximate surface area is 117 Å². The van der Waals surface area contributed by atoms with Gasteiger partial charge in [-0.05, 0) is 5.92 Å². The zero-order valence-corrected chi connectivity index (χ0v) is 11.7. The number of rotatable bonds is 7. The molecule has 1 atom stereocenters. The largest absolute Gasteiger partial charge is 0.391 e. The third kappa shape index (κ3) is 4.33. The number of nitrogens with zero attached hydrogens (tertiary/aromatic N) is 2. The number of aromatic nitrogens is 1. The summed E-state index contributed by atoms with van der Waals surface area (Å²) in [5.41, 5.74) is -0.156. The van der Waals surface area contributed by atoms with Crippen molar-refractivity contribution in [3.8, 4) is 0 Å². The minimum absolute atomic E-state index is 0.156. The van der Waals surface area contributed by atoms with Crippen molar-refractivity contribution in [3.63, 3.8) is 0 Å². The molecule has 0 saturated carbocycles. The average molecular weight is 288 g/mol. The molecule has 1 heterocycles. The quantitative estimate of drug-likeness (QED) is 0.594. The highest BCUT2D eigenvalue weighted by molar-refractivity contribution is 6.33. The number of hydrogen-bond donors (Lipinski definition) is 2. The average Bonchev–Trinajstić information content (AvgIpc) is 2.38. The first-order valence-corrected chi connectivity index (χ1v) is 6.59. The van der Waals surface area contributed by atoms with E-state index in [4.69, 9.17) is 11.6 Å². The summed E-state index contributed by atoms with van der Waals surface area (Å²) in [4.78, 5) is 13.9. The maximum atomic E-state index is 10.5. The standard InChI is InChI=1S/C12H18ClN3O3/c1-3-8(4-2)11(17)7-15-12-10(13)5-9(6-14-12)16(18)19/h5-6,8,11,17H,3-4,7H2,1-2H3,(H,14,15). The van der Waals surface area contributed by atoms with Crippen LogP contribution in [0.2, 0.25) is 5.02 Å². The molecule has 0 spiro atoms. The molecule has 0 radical (unpaired) electrons. The molecule has 1 aromatic heterocycles. The summed E-state index contributed by atoms with van der Waals surface area (Å²) < 4.78 is 0. The predicted octanol–water partition coefficient (Wildman–Crippen LogP) is 2.85. The molecule has 0 aliphatic carbocycles. The first-order chi connectivity index (χ1) is 8.99. The summed E-state index contributed by atoms with van der Waals surface area (Å²) in [5, 5.41) is 23.6. The number of halogens is 1. The first-order valence-electron chi connectivity index (χ1n) is 6.21. The molecule has 0 aliphatic heterocycles. The Balaban J connectivity index is 2.65. The van der Waals surface area contributed by atoms with E-state index >= 15 is 0 Å². The highest BCUT2D eigenvalue weighted by Crippen LogP contribution is 2.24. The lowest BCUT2D eigenvalue weighted by atomic mass is 9.97. The predicted molar refractivity (Wildman–Crippen MR) is 74.5 cm³/mol. The second-order valence-electron chi connectivity index (χ2n) is 4.31. The Morgan fingerprint density at radius 2 is 2.16 bits per heavy atom. The van der Waals surface area contributed by atoms with Gasteiger partial charge in [0.05, 0.1) is 16.0 Å². The van der Waals surface area contributed by atoms with Crippen molar-refractivity contribution in [2.45, 2.75) is 32.8 Å². The Bertz CT molecular complexity index is 438. The summed E-state index contributed by atoms with van der Waals surface area (Å²) >= 11 is 5.89. The number of pyridine rings is 1. The smallest absolute Gasteiger partial charge is 0.289 e. The van der Waals surface area contributed by atoms with Crippen LogP contribution >= 0.6 is 11.6 Å². The molecule has 7 heteroatoms. The van der Waals surface area contributed by atoms with Gasteiger partial charge >= 0.3 is 0 Å². The highest BCUT2D eigenvalue weighted by Gasteiger charge is 2.16. The lowest BCUT2D eigenvalue weighted by molar-refractivity contribution is -0.385. The van der Waals surface area contributed by atoms with Crippen LogP contribution in [0.25, 0.3) is 0 Å². The van der Waals surface area contributed by atoms with Crippen LogP contribution in [0, 0.1) is 16.0 Å². The number of aliphatic hydroxyl groups is 1. The number of nitro groups is 1. The molecule has 0 amide bonds. The lowest BCUT2D eigenvalue weighted by Gasteiger charge is -2.20. The van der Waals surface area contributed by atoms with Gasteiger partial charge in [0.15, 0.2) is 0 Å². The van der Waals surface area contributed by atoms with Crippen LogP contribution < -0.4 is 5.32 Å². The summed E-state index contributed by atoms with van der Waals surface area (Å²) in [6.07, 6.45) is 2.42. The van der Waals surface area contributed by atoms with Gasteiger partial charge in [0.2, 0.25) is 0 Å². The van der Waals surface area contributed by atoms with Crippen LogP contribution in [0.1, 0.15) is 26.7 Å². The molecular weight excluding hydrogens is 270 g/mol. The van der Waals surface area contributed by atoms with E-state index in [1.54, 1.807) is 0 Å². The van der Waals surface area contributed by atoms with E-state index in [-0.39, 0.29) is 16.6 Å². The summed E-state index contributed by atoms with van der Waals surface area (Å²) in [6, 6.07) is 1.24. The fourth-order valence-electron chi connectivity index (χ4n) is 1.86. The fourth-order valence-corrected chi connectivity index (χ4v) is 2.09. The molecule has 0 aliphatic rings. The maximum absolute atomic E-state index is 10.5. The second-order valence-corrected chi connectivity index (χ2v) is 4.71. The van der Waals surface area contributed by atoms with Crippen molar-refractivity contribution < 1.29 is 10.0 Å². The van der Waals surface area contributed by atoms with Gasteiger partial charge in [-0.25, -0.2) is 4.98 Å². The molecule has 2 N–H and O–H groups in total. The molecular formula is C12H18ClN3O3. The second kappa shape index (κ2) is 7.25. The summed E-state index contributed by atoms with van der Waals surface area (Å²) in [6.45, 7) is 4.36. The van der Waals surface area contributed by atoms with Crippen LogP contribution in [0.5, 0.6) is 0 Å². The van der Waals surface area contributed by atoms with Gasteiger partial charge in [0, 0.05) is 12.6 Å². The first kappa shape index (κ1) is 15.7. The Kier molecular flexibility index (Phi) is 5.98. The van der Waals surface area contributed by atoms with Gasteiger partial charge in [0.1, 0.15) is 12.0 Å². The SMILES string of the molecule is CCC(CC)C(O)CNc1ncc([N+](=O)[O-])cc1Cl. The maximum Gasteiger partial charge on any atom is 0.289 e. The van der Waals surface area contributed by atoms with E-state index in [0.29, 0.717) is 12.4 Å². The normalized spacial score (nSPS) is 12.5. The Hall–Kier alpha value is -1.40. The molecule has 0 bridgehead atoms. The van der Waals surface area contributed by atoms with Gasteiger partial charge in [-0.3, -0.25) is 10.1 Å². The van der Waals surface area contributed by atoms with E-state index < -0.39 is 11.0 Å². The van der Waals surface area contributed by atoms with Crippen LogP contribution in [-0.4, -0.2) is 27.7 Å². The van der Waals surface area contributed by atoms with Gasteiger partial charge in [-0.2, -0.15) is 0 Å². The van der Waals surface area contributed by atoms with Crippen LogP contribution in [-0.2, 0) is 0 Å². The van der Waals surface area contributed by atoms with Crippen LogP contribution in [0.15, 0.2) is 12.3 Å². The van der Waals surface area contributed by atoms with E-state index in [1.165, 1.54) is 6.07 Å². The monoisotopic (exact) mass is 287 g/mol. The zero-order chi connectivity index (χ0) is 14.4. The molecule has 106 valence electrons. The van der Waals surface area contributed by atoms with Gasteiger partial charge in [0.25, 0.3) is 5.69 Å². The van der Waals surface area contributed by atoms with Crippen molar-refractivity contribution in [2.75, 3.05) is 11.9 Å². The zero-order valence-electron chi connectivity index (χ0n) is 11.0. The number of hydrogen-bond acceptors (Lipinski definition) is 5. The Morgan fingerprint density at radius 3 is 2.63 bits per heavy atom. The summed E-state index contributed by atoms with van der Waals surface area (Å²) in [5.74, 6) is 0.557. The van der Waals surface area contributed by atoms with Gasteiger partial charge in [-0.15, -0.1) is 0 Å². The lowest BCUT2D eigenvalue weighted by Crippen LogP contribution is -2.28. The minimum Gasteiger partial charge on any atom is -0.391 e. The molecule has 1 aromatic rings. The number of nitrogens with one attached hydrogen (secondary N) is 1. The third-order valence-electron chi connectivity index (χ3n) is 3.11. The minimum atomic E-state index is -0.554.